The second kappa shape index (κ2) is 3.43. The number of benzene rings is 1. The fourth-order valence-corrected chi connectivity index (χ4v) is 2.57. The summed E-state index contributed by atoms with van der Waals surface area (Å²) in [6.45, 7) is 7.48. The minimum Gasteiger partial charge on any atom is -0.335 e. The van der Waals surface area contributed by atoms with Crippen LogP contribution in [0, 0.1) is 13.8 Å². The molecule has 74 valence electrons. The van der Waals surface area contributed by atoms with Crippen LogP contribution in [-0.2, 0) is 6.54 Å². The zero-order valence-corrected chi connectivity index (χ0v) is 10.4. The molecule has 0 saturated heterocycles. The van der Waals surface area contributed by atoms with Crippen LogP contribution < -0.4 is 0 Å². The minimum absolute atomic E-state index is 1.01. The van der Waals surface area contributed by atoms with E-state index in [-0.39, 0.29) is 0 Å². The van der Waals surface area contributed by atoms with Gasteiger partial charge in [-0.15, -0.1) is 0 Å². The van der Waals surface area contributed by atoms with Crippen molar-refractivity contribution in [1.29, 1.82) is 0 Å². The third-order valence-corrected chi connectivity index (χ3v) is 3.73. The van der Waals surface area contributed by atoms with Gasteiger partial charge in [-0.25, -0.2) is 0 Å². The normalized spacial score (nSPS) is 11.1. The number of halogens is 1. The number of rotatable bonds is 1. The molecule has 0 radical (unpaired) electrons. The highest BCUT2D eigenvalue weighted by Gasteiger charge is 2.09. The molecular weight excluding hydrogens is 238 g/mol. The van der Waals surface area contributed by atoms with E-state index in [4.69, 9.17) is 0 Å². The van der Waals surface area contributed by atoms with Gasteiger partial charge in [0.2, 0.25) is 0 Å². The van der Waals surface area contributed by atoms with Gasteiger partial charge in [0.05, 0.1) is 4.60 Å². The molecule has 0 saturated carbocycles. The monoisotopic (exact) mass is 251 g/mol. The number of fused-ring (bicyclic) bond motifs is 1. The molecule has 1 aromatic heterocycles. The first-order valence-electron chi connectivity index (χ1n) is 4.90. The van der Waals surface area contributed by atoms with E-state index in [0.717, 1.165) is 6.54 Å². The molecule has 0 aliphatic carbocycles. The van der Waals surface area contributed by atoms with Crippen LogP contribution in [0.4, 0.5) is 0 Å². The van der Waals surface area contributed by atoms with Crippen molar-refractivity contribution in [3.63, 3.8) is 0 Å². The summed E-state index contributed by atoms with van der Waals surface area (Å²) in [6.07, 6.45) is 0. The third kappa shape index (κ3) is 1.29. The van der Waals surface area contributed by atoms with E-state index in [1.165, 1.54) is 26.6 Å². The Kier molecular flexibility index (Phi) is 2.40. The second-order valence-electron chi connectivity index (χ2n) is 3.68. The van der Waals surface area contributed by atoms with Crippen LogP contribution in [0.1, 0.15) is 18.1 Å². The maximum atomic E-state index is 3.64. The molecule has 0 bridgehead atoms. The predicted molar refractivity (Wildman–Crippen MR) is 64.8 cm³/mol. The molecule has 1 heterocycles. The smallest absolute Gasteiger partial charge is 0.0886 e. The SMILES string of the molecule is CCn1c(Br)c(C)c2ccc(C)cc21. The van der Waals surface area contributed by atoms with Gasteiger partial charge in [0.1, 0.15) is 0 Å². The van der Waals surface area contributed by atoms with Crippen molar-refractivity contribution in [2.75, 3.05) is 0 Å². The van der Waals surface area contributed by atoms with E-state index in [1.807, 2.05) is 0 Å². The first kappa shape index (κ1) is 9.78. The Morgan fingerprint density at radius 2 is 2.00 bits per heavy atom. The molecule has 0 amide bonds. The minimum atomic E-state index is 1.01. The summed E-state index contributed by atoms with van der Waals surface area (Å²) in [6, 6.07) is 6.62. The Labute approximate surface area is 92.9 Å². The predicted octanol–water partition coefficient (Wildman–Crippen LogP) is 4.04. The van der Waals surface area contributed by atoms with Gasteiger partial charge in [-0.2, -0.15) is 0 Å². The van der Waals surface area contributed by atoms with Gasteiger partial charge in [0, 0.05) is 17.4 Å². The van der Waals surface area contributed by atoms with Crippen LogP contribution >= 0.6 is 15.9 Å². The van der Waals surface area contributed by atoms with Crippen molar-refractivity contribution >= 4 is 26.8 Å². The van der Waals surface area contributed by atoms with E-state index in [2.05, 4.69) is 59.5 Å². The third-order valence-electron chi connectivity index (χ3n) is 2.71. The van der Waals surface area contributed by atoms with Crippen molar-refractivity contribution in [1.82, 2.24) is 4.57 Å². The van der Waals surface area contributed by atoms with Crippen LogP contribution in [0.25, 0.3) is 10.9 Å². The molecule has 2 aromatic rings. The molecule has 0 spiro atoms. The second-order valence-corrected chi connectivity index (χ2v) is 4.43. The molecule has 0 fully saturated rings. The van der Waals surface area contributed by atoms with Gasteiger partial charge in [-0.05, 0) is 53.9 Å². The lowest BCUT2D eigenvalue weighted by Crippen LogP contribution is -1.93. The van der Waals surface area contributed by atoms with Crippen LogP contribution in [0.3, 0.4) is 0 Å². The topological polar surface area (TPSA) is 4.93 Å². The Bertz CT molecular complexity index is 483. The Morgan fingerprint density at radius 3 is 2.64 bits per heavy atom. The zero-order valence-electron chi connectivity index (χ0n) is 8.76. The highest BCUT2D eigenvalue weighted by Crippen LogP contribution is 2.29. The lowest BCUT2D eigenvalue weighted by molar-refractivity contribution is 0.776. The van der Waals surface area contributed by atoms with Gasteiger partial charge in [0.25, 0.3) is 0 Å². The molecule has 0 aliphatic heterocycles. The van der Waals surface area contributed by atoms with Gasteiger partial charge in [-0.3, -0.25) is 0 Å². The first-order valence-corrected chi connectivity index (χ1v) is 5.69. The van der Waals surface area contributed by atoms with E-state index < -0.39 is 0 Å². The standard InChI is InChI=1S/C12H14BrN/c1-4-14-11-7-8(2)5-6-10(11)9(3)12(14)13/h5-7H,4H2,1-3H3. The number of hydrogen-bond donors (Lipinski definition) is 0. The number of aromatic nitrogens is 1. The van der Waals surface area contributed by atoms with E-state index >= 15 is 0 Å². The summed E-state index contributed by atoms with van der Waals surface area (Å²) < 4.78 is 3.51. The highest BCUT2D eigenvalue weighted by atomic mass is 79.9. The summed E-state index contributed by atoms with van der Waals surface area (Å²) in [5.41, 5.74) is 3.98. The number of aryl methyl sites for hydroxylation is 3. The first-order chi connectivity index (χ1) is 6.65. The van der Waals surface area contributed by atoms with Crippen molar-refractivity contribution in [2.24, 2.45) is 0 Å². The molecule has 0 N–H and O–H groups in total. The number of nitrogens with zero attached hydrogens (tertiary/aromatic N) is 1. The van der Waals surface area contributed by atoms with Crippen LogP contribution in [0.5, 0.6) is 0 Å². The summed E-state index contributed by atoms with van der Waals surface area (Å²) in [5, 5.41) is 1.35. The molecule has 2 heteroatoms. The summed E-state index contributed by atoms with van der Waals surface area (Å²) >= 11 is 3.64. The van der Waals surface area contributed by atoms with Gasteiger partial charge >= 0.3 is 0 Å². The van der Waals surface area contributed by atoms with Crippen molar-refractivity contribution in [3.05, 3.63) is 33.9 Å². The Hall–Kier alpha value is -0.760. The molecule has 1 aromatic carbocycles. The molecule has 1 nitrogen and oxygen atoms in total. The fraction of sp³-hybridized carbons (Fsp3) is 0.333. The van der Waals surface area contributed by atoms with Crippen LogP contribution in [0.2, 0.25) is 0 Å². The average Bonchev–Trinajstić information content (AvgIpc) is 2.39. The fourth-order valence-electron chi connectivity index (χ4n) is 1.91. The van der Waals surface area contributed by atoms with E-state index in [9.17, 15) is 0 Å². The highest BCUT2D eigenvalue weighted by molar-refractivity contribution is 9.10. The van der Waals surface area contributed by atoms with E-state index in [1.54, 1.807) is 0 Å². The lowest BCUT2D eigenvalue weighted by Gasteiger charge is -2.02. The van der Waals surface area contributed by atoms with Crippen molar-refractivity contribution < 1.29 is 0 Å². The van der Waals surface area contributed by atoms with Crippen LogP contribution in [-0.4, -0.2) is 4.57 Å². The summed E-state index contributed by atoms with van der Waals surface area (Å²) in [5.74, 6) is 0. The largest absolute Gasteiger partial charge is 0.335 e. The summed E-state index contributed by atoms with van der Waals surface area (Å²) in [7, 11) is 0. The lowest BCUT2D eigenvalue weighted by atomic mass is 10.1. The number of hydrogen-bond acceptors (Lipinski definition) is 0. The molecule has 0 aliphatic rings. The van der Waals surface area contributed by atoms with Crippen molar-refractivity contribution in [3.8, 4) is 0 Å². The van der Waals surface area contributed by atoms with E-state index in [0.29, 0.717) is 0 Å². The molecule has 14 heavy (non-hydrogen) atoms. The maximum absolute atomic E-state index is 3.64. The van der Waals surface area contributed by atoms with Crippen molar-refractivity contribution in [2.45, 2.75) is 27.3 Å². The van der Waals surface area contributed by atoms with Gasteiger partial charge < -0.3 is 4.57 Å². The van der Waals surface area contributed by atoms with Gasteiger partial charge in [0.15, 0.2) is 0 Å². The quantitative estimate of drug-likeness (QED) is 0.721. The van der Waals surface area contributed by atoms with Gasteiger partial charge in [-0.1, -0.05) is 12.1 Å². The maximum Gasteiger partial charge on any atom is 0.0886 e. The average molecular weight is 252 g/mol. The molecule has 2 rings (SSSR count). The molecule has 0 unspecified atom stereocenters. The summed E-state index contributed by atoms with van der Waals surface area (Å²) in [4.78, 5) is 0. The Morgan fingerprint density at radius 1 is 1.29 bits per heavy atom. The molecule has 0 atom stereocenters. The zero-order chi connectivity index (χ0) is 10.3. The molecular formula is C12H14BrN. The van der Waals surface area contributed by atoms with Crippen LogP contribution in [0.15, 0.2) is 22.8 Å². The Balaban J connectivity index is 2.89.